The van der Waals surface area contributed by atoms with E-state index in [1.165, 1.54) is 5.69 Å². The highest BCUT2D eigenvalue weighted by atomic mass is 79.9. The zero-order chi connectivity index (χ0) is 14.0. The van der Waals surface area contributed by atoms with Crippen molar-refractivity contribution in [3.8, 4) is 0 Å². The fourth-order valence-electron chi connectivity index (χ4n) is 2.54. The Balaban J connectivity index is 2.32. The molecule has 1 aromatic carbocycles. The molecule has 1 aliphatic heterocycles. The summed E-state index contributed by atoms with van der Waals surface area (Å²) < 4.78 is 1.13. The Morgan fingerprint density at radius 3 is 2.89 bits per heavy atom. The third kappa shape index (κ3) is 3.45. The van der Waals surface area contributed by atoms with Crippen LogP contribution in [-0.4, -0.2) is 25.2 Å². The Labute approximate surface area is 129 Å². The first-order chi connectivity index (χ1) is 8.95. The molecule has 0 aromatic heterocycles. The molecule has 1 aliphatic rings. The second-order valence-corrected chi connectivity index (χ2v) is 6.93. The number of halogens is 2. The smallest absolute Gasteiger partial charge is 0.0526 e. The topological polar surface area (TPSA) is 15.3 Å². The molecule has 1 saturated heterocycles. The maximum atomic E-state index is 6.29. The molecule has 1 unspecified atom stereocenters. The molecule has 0 amide bonds. The monoisotopic (exact) mass is 344 g/mol. The highest BCUT2D eigenvalue weighted by molar-refractivity contribution is 9.10. The van der Waals surface area contributed by atoms with E-state index in [0.717, 1.165) is 47.5 Å². The molecule has 19 heavy (non-hydrogen) atoms. The maximum absolute atomic E-state index is 6.29. The molecule has 0 spiro atoms. The predicted octanol–water partition coefficient (Wildman–Crippen LogP) is 4.38. The molecule has 4 heteroatoms. The zero-order valence-corrected chi connectivity index (χ0v) is 14.2. The predicted molar refractivity (Wildman–Crippen MR) is 87.4 cm³/mol. The minimum Gasteiger partial charge on any atom is -0.369 e. The summed E-state index contributed by atoms with van der Waals surface area (Å²) in [6.07, 6.45) is 2.29. The van der Waals surface area contributed by atoms with Gasteiger partial charge in [-0.3, -0.25) is 0 Å². The van der Waals surface area contributed by atoms with E-state index in [9.17, 15) is 0 Å². The highest BCUT2D eigenvalue weighted by Gasteiger charge is 2.28. The standard InChI is InChI=1S/C15H22BrClN2/c1-4-15(3)10-19(7-5-6-18-15)14-9-13(17)11(2)8-12(14)16/h8-9,18H,4-7,10H2,1-3H3. The molecule has 1 atom stereocenters. The molecule has 106 valence electrons. The molecule has 1 fully saturated rings. The molecule has 1 heterocycles. The van der Waals surface area contributed by atoms with E-state index < -0.39 is 0 Å². The average Bonchev–Trinajstić information content (AvgIpc) is 2.57. The Morgan fingerprint density at radius 1 is 1.47 bits per heavy atom. The fourth-order valence-corrected chi connectivity index (χ4v) is 3.40. The Hall–Kier alpha value is -0.250. The van der Waals surface area contributed by atoms with Crippen LogP contribution in [0, 0.1) is 6.92 Å². The number of rotatable bonds is 2. The summed E-state index contributed by atoms with van der Waals surface area (Å²) in [7, 11) is 0. The van der Waals surface area contributed by atoms with Gasteiger partial charge in [0.1, 0.15) is 0 Å². The highest BCUT2D eigenvalue weighted by Crippen LogP contribution is 2.33. The lowest BCUT2D eigenvalue weighted by molar-refractivity contribution is 0.366. The van der Waals surface area contributed by atoms with Crippen molar-refractivity contribution >= 4 is 33.2 Å². The normalized spacial score (nSPS) is 24.4. The summed E-state index contributed by atoms with van der Waals surface area (Å²) in [5.41, 5.74) is 2.50. The fraction of sp³-hybridized carbons (Fsp3) is 0.600. The second kappa shape index (κ2) is 6.02. The molecule has 0 bridgehead atoms. The lowest BCUT2D eigenvalue weighted by atomic mass is 9.98. The molecular weight excluding hydrogens is 324 g/mol. The number of benzene rings is 1. The van der Waals surface area contributed by atoms with Gasteiger partial charge in [-0.15, -0.1) is 0 Å². The van der Waals surface area contributed by atoms with E-state index in [4.69, 9.17) is 11.6 Å². The van der Waals surface area contributed by atoms with Crippen molar-refractivity contribution in [3.05, 3.63) is 27.2 Å². The van der Waals surface area contributed by atoms with E-state index >= 15 is 0 Å². The van der Waals surface area contributed by atoms with Gasteiger partial charge in [0.15, 0.2) is 0 Å². The third-order valence-electron chi connectivity index (χ3n) is 4.05. The molecule has 1 N–H and O–H groups in total. The number of nitrogens with zero attached hydrogens (tertiary/aromatic N) is 1. The van der Waals surface area contributed by atoms with Crippen molar-refractivity contribution in [3.63, 3.8) is 0 Å². The van der Waals surface area contributed by atoms with Crippen LogP contribution in [0.5, 0.6) is 0 Å². The van der Waals surface area contributed by atoms with Crippen molar-refractivity contribution in [1.82, 2.24) is 5.32 Å². The van der Waals surface area contributed by atoms with Crippen molar-refractivity contribution < 1.29 is 0 Å². The van der Waals surface area contributed by atoms with Gasteiger partial charge in [-0.25, -0.2) is 0 Å². The summed E-state index contributed by atoms with van der Waals surface area (Å²) in [6, 6.07) is 4.20. The Kier molecular flexibility index (Phi) is 4.80. The molecular formula is C15H22BrClN2. The minimum absolute atomic E-state index is 0.174. The molecule has 2 nitrogen and oxygen atoms in total. The SMILES string of the molecule is CCC1(C)CN(c2cc(Cl)c(C)cc2Br)CCCN1. The summed E-state index contributed by atoms with van der Waals surface area (Å²) in [4.78, 5) is 2.44. The molecule has 0 radical (unpaired) electrons. The lowest BCUT2D eigenvalue weighted by Gasteiger charge is -2.34. The van der Waals surface area contributed by atoms with E-state index in [1.54, 1.807) is 0 Å². The summed E-state index contributed by atoms with van der Waals surface area (Å²) in [6.45, 7) is 9.75. The van der Waals surface area contributed by atoms with Crippen molar-refractivity contribution in [2.75, 3.05) is 24.5 Å². The summed E-state index contributed by atoms with van der Waals surface area (Å²) in [5.74, 6) is 0. The number of hydrogen-bond acceptors (Lipinski definition) is 2. The minimum atomic E-state index is 0.174. The molecule has 0 aliphatic carbocycles. The first-order valence-electron chi connectivity index (χ1n) is 6.91. The van der Waals surface area contributed by atoms with Crippen LogP contribution in [-0.2, 0) is 0 Å². The van der Waals surface area contributed by atoms with Gasteiger partial charge >= 0.3 is 0 Å². The van der Waals surface area contributed by atoms with Crippen LogP contribution in [0.2, 0.25) is 5.02 Å². The van der Waals surface area contributed by atoms with E-state index in [-0.39, 0.29) is 5.54 Å². The van der Waals surface area contributed by atoms with Gasteiger partial charge in [0.2, 0.25) is 0 Å². The van der Waals surface area contributed by atoms with Gasteiger partial charge in [0, 0.05) is 28.1 Å². The van der Waals surface area contributed by atoms with E-state index in [2.05, 4.69) is 52.1 Å². The largest absolute Gasteiger partial charge is 0.369 e. The first-order valence-corrected chi connectivity index (χ1v) is 8.08. The molecule has 1 aromatic rings. The van der Waals surface area contributed by atoms with Gasteiger partial charge in [-0.2, -0.15) is 0 Å². The zero-order valence-electron chi connectivity index (χ0n) is 11.9. The first kappa shape index (κ1) is 15.1. The maximum Gasteiger partial charge on any atom is 0.0526 e. The van der Waals surface area contributed by atoms with Crippen molar-refractivity contribution in [1.29, 1.82) is 0 Å². The van der Waals surface area contributed by atoms with Gasteiger partial charge in [0.25, 0.3) is 0 Å². The average molecular weight is 346 g/mol. The van der Waals surface area contributed by atoms with Crippen molar-refractivity contribution in [2.45, 2.75) is 39.2 Å². The second-order valence-electron chi connectivity index (χ2n) is 5.67. The van der Waals surface area contributed by atoms with Gasteiger partial charge in [0.05, 0.1) is 5.69 Å². The number of hydrogen-bond donors (Lipinski definition) is 1. The van der Waals surface area contributed by atoms with Crippen molar-refractivity contribution in [2.24, 2.45) is 0 Å². The van der Waals surface area contributed by atoms with Gasteiger partial charge in [-0.1, -0.05) is 18.5 Å². The summed E-state index contributed by atoms with van der Waals surface area (Å²) >= 11 is 9.97. The van der Waals surface area contributed by atoms with Crippen LogP contribution >= 0.6 is 27.5 Å². The third-order valence-corrected chi connectivity index (χ3v) is 5.09. The Morgan fingerprint density at radius 2 is 2.21 bits per heavy atom. The van der Waals surface area contributed by atoms with Crippen LogP contribution in [0.25, 0.3) is 0 Å². The van der Waals surface area contributed by atoms with E-state index in [1.807, 2.05) is 6.92 Å². The molecule has 2 rings (SSSR count). The van der Waals surface area contributed by atoms with Gasteiger partial charge < -0.3 is 10.2 Å². The van der Waals surface area contributed by atoms with Crippen LogP contribution < -0.4 is 10.2 Å². The quantitative estimate of drug-likeness (QED) is 0.855. The number of anilines is 1. The Bertz CT molecular complexity index is 464. The van der Waals surface area contributed by atoms with Crippen LogP contribution in [0.15, 0.2) is 16.6 Å². The number of nitrogens with one attached hydrogen (secondary N) is 1. The van der Waals surface area contributed by atoms with Crippen LogP contribution in [0.4, 0.5) is 5.69 Å². The lowest BCUT2D eigenvalue weighted by Crippen LogP contribution is -2.48. The number of aryl methyl sites for hydroxylation is 1. The molecule has 0 saturated carbocycles. The van der Waals surface area contributed by atoms with E-state index in [0.29, 0.717) is 0 Å². The summed E-state index contributed by atoms with van der Waals surface area (Å²) in [5, 5.41) is 4.50. The van der Waals surface area contributed by atoms with Crippen LogP contribution in [0.3, 0.4) is 0 Å². The van der Waals surface area contributed by atoms with Crippen LogP contribution in [0.1, 0.15) is 32.3 Å². The van der Waals surface area contributed by atoms with Gasteiger partial charge in [-0.05, 0) is 66.9 Å².